The van der Waals surface area contributed by atoms with Crippen LogP contribution in [0.25, 0.3) is 43.9 Å². The number of anilines is 2. The molecule has 2 aliphatic heterocycles. The van der Waals surface area contributed by atoms with Crippen molar-refractivity contribution in [3.8, 4) is 23.3 Å². The topological polar surface area (TPSA) is 364 Å². The van der Waals surface area contributed by atoms with E-state index in [1.165, 1.54) is 62.9 Å². The Labute approximate surface area is 523 Å². The van der Waals surface area contributed by atoms with Crippen molar-refractivity contribution in [1.29, 1.82) is 0 Å². The van der Waals surface area contributed by atoms with Crippen molar-refractivity contribution in [3.05, 3.63) is 109 Å². The van der Waals surface area contributed by atoms with Crippen LogP contribution in [-0.4, -0.2) is 124 Å². The molecule has 4 aromatic carbocycles. The zero-order valence-electron chi connectivity index (χ0n) is 51.7. The van der Waals surface area contributed by atoms with E-state index in [1.807, 2.05) is 39.0 Å². The molecule has 10 unspecified atom stereocenters. The second-order valence-electron chi connectivity index (χ2n) is 24.3. The SMILES string of the molecule is COc1nc(N)nc2c1ncn2C1OC(COP(=O)(NC(C)C(=O)OC2CCCCC2)Oc2cccc3c(C(OC(=O)C(C)NP(=O)(OCC4CC(C)(O)C(n5cnc6c(OC)nc(N)nc65)O4)Oc4cccc5ccccc45)C(C)(C)C)cccc23)=CC1(C)O. The Hall–Kier alpha value is -8.04. The first-order valence-electron chi connectivity index (χ1n) is 29.7. The number of nitrogens with zero attached hydrogens (tertiary/aromatic N) is 8. The van der Waals surface area contributed by atoms with E-state index < -0.39 is 87.4 Å². The highest BCUT2D eigenvalue weighted by atomic mass is 31.2. The molecule has 1 saturated carbocycles. The highest BCUT2D eigenvalue weighted by Crippen LogP contribution is 2.52. The van der Waals surface area contributed by atoms with Crippen molar-refractivity contribution in [2.75, 3.05) is 38.9 Å². The molecule has 1 saturated heterocycles. The molecule has 11 rings (SSSR count). The minimum Gasteiger partial charge on any atom is -0.479 e. The number of aromatic nitrogens is 8. The van der Waals surface area contributed by atoms with Gasteiger partial charge < -0.3 is 59.1 Å². The third-order valence-corrected chi connectivity index (χ3v) is 19.1. The summed E-state index contributed by atoms with van der Waals surface area (Å²) < 4.78 is 94.5. The average Bonchev–Trinajstić information content (AvgIpc) is 1.70. The van der Waals surface area contributed by atoms with E-state index in [1.54, 1.807) is 67.6 Å². The van der Waals surface area contributed by atoms with E-state index in [4.69, 9.17) is 58.0 Å². The van der Waals surface area contributed by atoms with Gasteiger partial charge >= 0.3 is 27.4 Å². The molecule has 30 heteroatoms. The molecular formula is C61H74N12O16P2. The molecule has 91 heavy (non-hydrogen) atoms. The number of hydrogen-bond donors (Lipinski definition) is 6. The van der Waals surface area contributed by atoms with E-state index in [0.717, 1.165) is 24.6 Å². The number of methoxy groups -OCH3 is 2. The van der Waals surface area contributed by atoms with Gasteiger partial charge in [-0.1, -0.05) is 93.9 Å². The third-order valence-electron chi connectivity index (χ3n) is 15.9. The number of carbonyl (C=O) groups excluding carboxylic acids is 2. The van der Waals surface area contributed by atoms with Crippen LogP contribution in [0.1, 0.15) is 111 Å². The quantitative estimate of drug-likeness (QED) is 0.0256. The zero-order chi connectivity index (χ0) is 64.8. The van der Waals surface area contributed by atoms with Crippen LogP contribution in [-0.2, 0) is 46.7 Å². The Morgan fingerprint density at radius 1 is 0.725 bits per heavy atom. The molecule has 4 aromatic heterocycles. The molecule has 3 aliphatic rings. The largest absolute Gasteiger partial charge is 0.479 e. The maximum absolute atomic E-state index is 15.4. The number of hydrogen-bond acceptors (Lipinski definition) is 24. The number of ether oxygens (including phenoxy) is 6. The smallest absolute Gasteiger partial charge is 0.459 e. The fraction of sp³-hybridized carbons (Fsp3) is 0.443. The number of rotatable bonds is 23. The van der Waals surface area contributed by atoms with Gasteiger partial charge in [-0.2, -0.15) is 30.1 Å². The normalized spacial score (nSPS) is 22.8. The molecule has 10 atom stereocenters. The fourth-order valence-corrected chi connectivity index (χ4v) is 14.6. The molecule has 0 bridgehead atoms. The standard InChI is InChI=1S/C61H74N12O16P2/c1-34(53(74)84-37-20-11-10-12-21-37)70-91(79,83-31-39-29-61(7,77)56(86-39)73-33-65-47-50(73)67-58(63)69-52(47)81-9)89-45-27-17-23-41-42(45)24-16-25-43(41)48(59(3,4)5)87-54(75)35(2)71-90(78,88-44-26-15-19-36-18-13-14-22-40(36)44)82-30-38-28-60(6,76)55(85-38)72-32-64-46-49(72)66-57(62)68-51(46)80-8/h13-19,22-27,29,32-35,37-38,48,55-56,76-77H,10-12,20-21,28,30-31H2,1-9H3,(H,70,79)(H,71,78)(H2,62,66,68)(H2,63,67,69). The van der Waals surface area contributed by atoms with E-state index in [0.29, 0.717) is 34.6 Å². The maximum atomic E-state index is 15.4. The number of fused-ring (bicyclic) bond motifs is 4. The van der Waals surface area contributed by atoms with Gasteiger partial charge in [0.05, 0.1) is 33.3 Å². The molecular weight excluding hydrogens is 1220 g/mol. The minimum atomic E-state index is -4.66. The molecule has 0 radical (unpaired) electrons. The predicted molar refractivity (Wildman–Crippen MR) is 333 cm³/mol. The van der Waals surface area contributed by atoms with Crippen molar-refractivity contribution >= 4 is 83.2 Å². The van der Waals surface area contributed by atoms with Crippen molar-refractivity contribution in [2.24, 2.45) is 5.41 Å². The number of carbonyl (C=O) groups is 2. The molecule has 28 nitrogen and oxygen atoms in total. The summed E-state index contributed by atoms with van der Waals surface area (Å²) in [6.07, 6.45) is 3.99. The number of nitrogens with one attached hydrogen (secondary N) is 2. The van der Waals surface area contributed by atoms with Gasteiger partial charge in [-0.3, -0.25) is 27.8 Å². The Bertz CT molecular complexity index is 4160. The number of benzene rings is 4. The Morgan fingerprint density at radius 3 is 1.91 bits per heavy atom. The van der Waals surface area contributed by atoms with Gasteiger partial charge in [0, 0.05) is 28.2 Å². The number of aliphatic hydroxyl groups is 2. The second kappa shape index (κ2) is 25.6. The molecule has 0 spiro atoms. The number of nitrogen functional groups attached to an aromatic ring is 2. The van der Waals surface area contributed by atoms with Gasteiger partial charge in [-0.25, -0.2) is 19.1 Å². The lowest BCUT2D eigenvalue weighted by Gasteiger charge is -2.33. The predicted octanol–water partition coefficient (Wildman–Crippen LogP) is 9.23. The first kappa shape index (κ1) is 64.5. The van der Waals surface area contributed by atoms with E-state index in [9.17, 15) is 19.8 Å². The molecule has 8 aromatic rings. The summed E-state index contributed by atoms with van der Waals surface area (Å²) in [5, 5.41) is 31.5. The monoisotopic (exact) mass is 1290 g/mol. The van der Waals surface area contributed by atoms with Crippen molar-refractivity contribution in [2.45, 2.75) is 141 Å². The first-order chi connectivity index (χ1) is 43.2. The van der Waals surface area contributed by atoms with Crippen LogP contribution in [0.15, 0.2) is 103 Å². The molecule has 484 valence electrons. The van der Waals surface area contributed by atoms with E-state index in [2.05, 4.69) is 40.1 Å². The Morgan fingerprint density at radius 2 is 1.27 bits per heavy atom. The number of imidazole rings is 2. The summed E-state index contributed by atoms with van der Waals surface area (Å²) in [5.41, 5.74) is 9.44. The Kier molecular flexibility index (Phi) is 18.1. The van der Waals surface area contributed by atoms with E-state index in [-0.39, 0.29) is 82.4 Å². The fourth-order valence-electron chi connectivity index (χ4n) is 11.6. The average molecular weight is 1290 g/mol. The zero-order valence-corrected chi connectivity index (χ0v) is 53.5. The van der Waals surface area contributed by atoms with Crippen molar-refractivity contribution in [3.63, 3.8) is 0 Å². The number of nitrogens with two attached hydrogens (primary N) is 2. The first-order valence-corrected chi connectivity index (χ1v) is 32.7. The van der Waals surface area contributed by atoms with Gasteiger partial charge in [0.2, 0.25) is 29.9 Å². The van der Waals surface area contributed by atoms with Crippen LogP contribution in [0.2, 0.25) is 0 Å². The molecule has 0 amide bonds. The summed E-state index contributed by atoms with van der Waals surface area (Å²) in [5.74, 6) is -1.16. The van der Waals surface area contributed by atoms with Crippen LogP contribution in [0.5, 0.6) is 23.3 Å². The summed E-state index contributed by atoms with van der Waals surface area (Å²) in [6, 6.07) is 20.2. The lowest BCUT2D eigenvalue weighted by atomic mass is 9.82. The maximum Gasteiger partial charge on any atom is 0.459 e. The molecule has 8 N–H and O–H groups in total. The van der Waals surface area contributed by atoms with Crippen molar-refractivity contribution < 1.29 is 75.4 Å². The lowest BCUT2D eigenvalue weighted by molar-refractivity contribution is -0.157. The molecule has 2 fully saturated rings. The van der Waals surface area contributed by atoms with Crippen LogP contribution in [0.4, 0.5) is 11.9 Å². The third kappa shape index (κ3) is 13.8. The van der Waals surface area contributed by atoms with Gasteiger partial charge in [-0.05, 0) is 82.4 Å². The highest BCUT2D eigenvalue weighted by molar-refractivity contribution is 7.52. The van der Waals surface area contributed by atoms with Crippen LogP contribution in [0, 0.1) is 5.41 Å². The summed E-state index contributed by atoms with van der Waals surface area (Å²) in [4.78, 5) is 54.0. The summed E-state index contributed by atoms with van der Waals surface area (Å²) in [6.45, 7) is 10.7. The number of esters is 2. The van der Waals surface area contributed by atoms with Crippen LogP contribution in [0.3, 0.4) is 0 Å². The molecule has 1 aliphatic carbocycles. The lowest BCUT2D eigenvalue weighted by Crippen LogP contribution is -2.38. The van der Waals surface area contributed by atoms with Crippen molar-refractivity contribution in [1.82, 2.24) is 49.2 Å². The van der Waals surface area contributed by atoms with Crippen LogP contribution >= 0.6 is 15.5 Å². The van der Waals surface area contributed by atoms with Gasteiger partial charge in [0.15, 0.2) is 28.6 Å². The minimum absolute atomic E-state index is 0.00504. The van der Waals surface area contributed by atoms with Crippen LogP contribution < -0.4 is 40.2 Å². The van der Waals surface area contributed by atoms with Gasteiger partial charge in [0.1, 0.15) is 65.7 Å². The van der Waals surface area contributed by atoms with Gasteiger partial charge in [-0.15, -0.1) is 0 Å². The summed E-state index contributed by atoms with van der Waals surface area (Å²) >= 11 is 0. The second-order valence-corrected chi connectivity index (χ2v) is 27.7. The van der Waals surface area contributed by atoms with Gasteiger partial charge in [0.25, 0.3) is 0 Å². The highest BCUT2D eigenvalue weighted by Gasteiger charge is 2.48. The molecule has 6 heterocycles. The summed E-state index contributed by atoms with van der Waals surface area (Å²) in [7, 11) is -6.43. The Balaban J connectivity index is 0.843. The van der Waals surface area contributed by atoms with E-state index >= 15 is 9.13 Å².